The average Bonchev–Trinajstić information content (AvgIpc) is 2.88. The highest BCUT2D eigenvalue weighted by Gasteiger charge is 2.36. The summed E-state index contributed by atoms with van der Waals surface area (Å²) in [5.74, 6) is 1.53. The predicted molar refractivity (Wildman–Crippen MR) is 65.6 cm³/mol. The van der Waals surface area contributed by atoms with Crippen molar-refractivity contribution in [3.63, 3.8) is 0 Å². The van der Waals surface area contributed by atoms with Crippen LogP contribution >= 0.6 is 0 Å². The quantitative estimate of drug-likeness (QED) is 0.743. The van der Waals surface area contributed by atoms with Crippen molar-refractivity contribution in [1.29, 1.82) is 0 Å². The van der Waals surface area contributed by atoms with Crippen molar-refractivity contribution in [1.82, 2.24) is 5.32 Å². The van der Waals surface area contributed by atoms with Gasteiger partial charge >= 0.3 is 0 Å². The Bertz CT molecular complexity index is 435. The summed E-state index contributed by atoms with van der Waals surface area (Å²) in [7, 11) is 0. The Morgan fingerprint density at radius 3 is 2.59 bits per heavy atom. The Balaban J connectivity index is 1.81. The van der Waals surface area contributed by atoms with Gasteiger partial charge < -0.3 is 15.3 Å². The van der Waals surface area contributed by atoms with Crippen molar-refractivity contribution in [3.05, 3.63) is 23.8 Å². The predicted octanol–water partition coefficient (Wildman–Crippen LogP) is 0.860. The van der Waals surface area contributed by atoms with Gasteiger partial charge in [-0.1, -0.05) is 0 Å². The molecule has 0 aromatic heterocycles. The van der Waals surface area contributed by atoms with Gasteiger partial charge in [-0.25, -0.2) is 0 Å². The molecule has 0 bridgehead atoms. The number of rotatable bonds is 2. The molecule has 4 nitrogen and oxygen atoms in total. The molecule has 2 atom stereocenters. The first-order valence-electron chi connectivity index (χ1n) is 6.02. The first kappa shape index (κ1) is 10.6. The maximum absolute atomic E-state index is 10.6. The van der Waals surface area contributed by atoms with Crippen molar-refractivity contribution >= 4 is 12.0 Å². The van der Waals surface area contributed by atoms with Crippen LogP contribution in [0.4, 0.5) is 5.69 Å². The second kappa shape index (κ2) is 4.04. The van der Waals surface area contributed by atoms with Crippen LogP contribution in [0, 0.1) is 11.8 Å². The number of carbonyl (C=O) groups is 1. The normalized spacial score (nSPS) is 27.2. The van der Waals surface area contributed by atoms with Crippen molar-refractivity contribution in [2.24, 2.45) is 11.8 Å². The molecular weight excluding hydrogens is 216 g/mol. The first-order chi connectivity index (χ1) is 8.28. The summed E-state index contributed by atoms with van der Waals surface area (Å²) in [5.41, 5.74) is 1.37. The van der Waals surface area contributed by atoms with Gasteiger partial charge in [0.2, 0.25) is 0 Å². The van der Waals surface area contributed by atoms with E-state index in [0.29, 0.717) is 11.8 Å². The largest absolute Gasteiger partial charge is 0.507 e. The zero-order chi connectivity index (χ0) is 11.8. The van der Waals surface area contributed by atoms with Crippen LogP contribution in [0.25, 0.3) is 0 Å². The summed E-state index contributed by atoms with van der Waals surface area (Å²) in [6, 6.07) is 5.29. The fourth-order valence-corrected chi connectivity index (χ4v) is 2.89. The number of hydrogen-bond acceptors (Lipinski definition) is 4. The van der Waals surface area contributed by atoms with Crippen LogP contribution in [-0.4, -0.2) is 37.6 Å². The van der Waals surface area contributed by atoms with Gasteiger partial charge in [0.15, 0.2) is 6.29 Å². The lowest BCUT2D eigenvalue weighted by Crippen LogP contribution is -2.25. The van der Waals surface area contributed by atoms with Gasteiger partial charge in [-0.05, 0) is 24.0 Å². The Morgan fingerprint density at radius 1 is 1.29 bits per heavy atom. The molecule has 0 amide bonds. The minimum atomic E-state index is 0.0766. The first-order valence-corrected chi connectivity index (χ1v) is 6.02. The van der Waals surface area contributed by atoms with Crippen molar-refractivity contribution in [3.8, 4) is 5.75 Å². The van der Waals surface area contributed by atoms with Crippen LogP contribution in [-0.2, 0) is 0 Å². The Morgan fingerprint density at radius 2 is 2.00 bits per heavy atom. The van der Waals surface area contributed by atoms with Gasteiger partial charge in [0.1, 0.15) is 5.75 Å². The highest BCUT2D eigenvalue weighted by Crippen LogP contribution is 2.32. The molecular formula is C13H16N2O2. The molecule has 2 N–H and O–H groups in total. The topological polar surface area (TPSA) is 52.6 Å². The van der Waals surface area contributed by atoms with Crippen molar-refractivity contribution in [2.75, 3.05) is 31.1 Å². The van der Waals surface area contributed by atoms with Crippen LogP contribution in [0.2, 0.25) is 0 Å². The van der Waals surface area contributed by atoms with Crippen LogP contribution in [0.3, 0.4) is 0 Å². The fourth-order valence-electron chi connectivity index (χ4n) is 2.89. The van der Waals surface area contributed by atoms with Gasteiger partial charge in [0.25, 0.3) is 0 Å². The zero-order valence-electron chi connectivity index (χ0n) is 9.60. The second-order valence-electron chi connectivity index (χ2n) is 4.94. The van der Waals surface area contributed by atoms with Gasteiger partial charge in [-0.15, -0.1) is 0 Å². The molecule has 0 unspecified atom stereocenters. The third-order valence-electron chi connectivity index (χ3n) is 3.90. The van der Waals surface area contributed by atoms with E-state index in [-0.39, 0.29) is 5.75 Å². The molecule has 2 aliphatic rings. The number of aromatic hydroxyl groups is 1. The Kier molecular flexibility index (Phi) is 2.52. The van der Waals surface area contributed by atoms with E-state index in [9.17, 15) is 9.90 Å². The molecule has 0 aliphatic carbocycles. The Hall–Kier alpha value is -1.55. The molecule has 90 valence electrons. The number of nitrogens with zero attached hydrogens (tertiary/aromatic N) is 1. The number of hydrogen-bond donors (Lipinski definition) is 2. The second-order valence-corrected chi connectivity index (χ2v) is 4.94. The minimum Gasteiger partial charge on any atom is -0.507 e. The van der Waals surface area contributed by atoms with E-state index in [1.165, 1.54) is 0 Å². The number of phenolic OH excluding ortho intramolecular Hbond substituents is 1. The lowest BCUT2D eigenvalue weighted by atomic mass is 10.0. The van der Waals surface area contributed by atoms with E-state index in [4.69, 9.17) is 0 Å². The highest BCUT2D eigenvalue weighted by atomic mass is 16.3. The lowest BCUT2D eigenvalue weighted by Gasteiger charge is -2.20. The average molecular weight is 232 g/mol. The molecule has 17 heavy (non-hydrogen) atoms. The smallest absolute Gasteiger partial charge is 0.153 e. The SMILES string of the molecule is O=Cc1ccc(N2C[C@H]3CNC[C@H]3C2)cc1O. The fraction of sp³-hybridized carbons (Fsp3) is 0.462. The third kappa shape index (κ3) is 1.78. The van der Waals surface area contributed by atoms with E-state index >= 15 is 0 Å². The standard InChI is InChI=1S/C13H16N2O2/c16-8-9-1-2-12(3-13(9)17)15-6-10-4-14-5-11(10)7-15/h1-3,8,10-11,14,17H,4-7H2/t10-,11+. The number of phenols is 1. The monoisotopic (exact) mass is 232 g/mol. The van der Waals surface area contributed by atoms with E-state index in [1.54, 1.807) is 12.1 Å². The Labute approximate surface area is 100 Å². The summed E-state index contributed by atoms with van der Waals surface area (Å²) in [4.78, 5) is 12.9. The lowest BCUT2D eigenvalue weighted by molar-refractivity contribution is 0.112. The molecule has 0 saturated carbocycles. The molecule has 2 saturated heterocycles. The van der Waals surface area contributed by atoms with Crippen molar-refractivity contribution < 1.29 is 9.90 Å². The number of benzene rings is 1. The number of nitrogens with one attached hydrogen (secondary N) is 1. The van der Waals surface area contributed by atoms with Crippen molar-refractivity contribution in [2.45, 2.75) is 0 Å². The summed E-state index contributed by atoms with van der Waals surface area (Å²) in [5, 5.41) is 13.1. The van der Waals surface area contributed by atoms with Crippen LogP contribution in [0.15, 0.2) is 18.2 Å². The van der Waals surface area contributed by atoms with Gasteiger partial charge in [-0.3, -0.25) is 4.79 Å². The summed E-state index contributed by atoms with van der Waals surface area (Å²) >= 11 is 0. The number of aldehydes is 1. The molecule has 4 heteroatoms. The van der Waals surface area contributed by atoms with E-state index in [2.05, 4.69) is 10.2 Å². The molecule has 2 fully saturated rings. The summed E-state index contributed by atoms with van der Waals surface area (Å²) in [6.07, 6.45) is 0.682. The molecule has 1 aromatic carbocycles. The molecule has 0 radical (unpaired) electrons. The van der Waals surface area contributed by atoms with E-state index in [0.717, 1.165) is 43.7 Å². The molecule has 3 rings (SSSR count). The molecule has 1 aromatic rings. The number of fused-ring (bicyclic) bond motifs is 1. The van der Waals surface area contributed by atoms with E-state index < -0.39 is 0 Å². The number of carbonyl (C=O) groups excluding carboxylic acids is 1. The van der Waals surface area contributed by atoms with Crippen LogP contribution < -0.4 is 10.2 Å². The summed E-state index contributed by atoms with van der Waals surface area (Å²) < 4.78 is 0. The zero-order valence-corrected chi connectivity index (χ0v) is 9.60. The maximum atomic E-state index is 10.6. The molecule has 0 spiro atoms. The van der Waals surface area contributed by atoms with Crippen LogP contribution in [0.1, 0.15) is 10.4 Å². The third-order valence-corrected chi connectivity index (χ3v) is 3.90. The maximum Gasteiger partial charge on any atom is 0.153 e. The minimum absolute atomic E-state index is 0.0766. The van der Waals surface area contributed by atoms with E-state index in [1.807, 2.05) is 6.07 Å². The van der Waals surface area contributed by atoms with Gasteiger partial charge in [0, 0.05) is 37.9 Å². The molecule has 2 heterocycles. The molecule has 2 aliphatic heterocycles. The number of anilines is 1. The highest BCUT2D eigenvalue weighted by molar-refractivity contribution is 5.80. The van der Waals surface area contributed by atoms with Gasteiger partial charge in [0.05, 0.1) is 5.56 Å². The summed E-state index contributed by atoms with van der Waals surface area (Å²) in [6.45, 7) is 4.27. The van der Waals surface area contributed by atoms with Crippen LogP contribution in [0.5, 0.6) is 5.75 Å². The van der Waals surface area contributed by atoms with Gasteiger partial charge in [-0.2, -0.15) is 0 Å².